The first-order valence-electron chi connectivity index (χ1n) is 9.73. The van der Waals surface area contributed by atoms with Gasteiger partial charge in [-0.3, -0.25) is 9.89 Å². The second-order valence-corrected chi connectivity index (χ2v) is 7.05. The Bertz CT molecular complexity index is 389. The molecule has 2 heterocycles. The molecule has 2 aliphatic heterocycles. The van der Waals surface area contributed by atoms with E-state index in [1.807, 2.05) is 0 Å². The lowest BCUT2D eigenvalue weighted by Gasteiger charge is -2.35. The molecule has 1 atom stereocenters. The molecule has 0 aliphatic carbocycles. The highest BCUT2D eigenvalue weighted by atomic mass is 127. The fourth-order valence-electron chi connectivity index (χ4n) is 3.61. The number of nitrogens with zero attached hydrogens (tertiary/aromatic N) is 2. The summed E-state index contributed by atoms with van der Waals surface area (Å²) in [5, 5.41) is 17.2. The van der Waals surface area contributed by atoms with Crippen LogP contribution in [-0.2, 0) is 4.74 Å². The monoisotopic (exact) mass is 468 g/mol. The van der Waals surface area contributed by atoms with Crippen LogP contribution in [0.5, 0.6) is 0 Å². The van der Waals surface area contributed by atoms with Gasteiger partial charge in [-0.2, -0.15) is 0 Å². The van der Waals surface area contributed by atoms with Gasteiger partial charge in [0.1, 0.15) is 0 Å². The SMILES string of the molecule is CCNC(=NCC1(O)CCOCC1)NCCN1CCCCC1CC.I. The number of guanidine groups is 1. The molecule has 0 aromatic heterocycles. The summed E-state index contributed by atoms with van der Waals surface area (Å²) in [4.78, 5) is 7.20. The summed E-state index contributed by atoms with van der Waals surface area (Å²) in [5.41, 5.74) is -0.708. The first kappa shape index (κ1) is 22.9. The summed E-state index contributed by atoms with van der Waals surface area (Å²) in [7, 11) is 0. The molecule has 2 aliphatic rings. The molecule has 0 aromatic carbocycles. The highest BCUT2D eigenvalue weighted by molar-refractivity contribution is 14.0. The van der Waals surface area contributed by atoms with Gasteiger partial charge in [0.25, 0.3) is 0 Å². The van der Waals surface area contributed by atoms with Gasteiger partial charge in [0.05, 0.1) is 12.1 Å². The van der Waals surface area contributed by atoms with Crippen LogP contribution >= 0.6 is 24.0 Å². The Kier molecular flexibility index (Phi) is 11.3. The number of hydrogen-bond donors (Lipinski definition) is 3. The smallest absolute Gasteiger partial charge is 0.191 e. The summed E-state index contributed by atoms with van der Waals surface area (Å²) in [5.74, 6) is 0.808. The number of ether oxygens (including phenoxy) is 1. The van der Waals surface area contributed by atoms with Crippen LogP contribution in [0.3, 0.4) is 0 Å². The molecule has 7 heteroatoms. The van der Waals surface area contributed by atoms with Crippen molar-refractivity contribution in [3.63, 3.8) is 0 Å². The molecule has 3 N–H and O–H groups in total. The predicted molar refractivity (Wildman–Crippen MR) is 114 cm³/mol. The normalized spacial score (nSPS) is 24.4. The quantitative estimate of drug-likeness (QED) is 0.303. The van der Waals surface area contributed by atoms with Crippen molar-refractivity contribution in [1.29, 1.82) is 0 Å². The molecule has 0 bridgehead atoms. The average molecular weight is 468 g/mol. The van der Waals surface area contributed by atoms with Crippen LogP contribution < -0.4 is 10.6 Å². The molecule has 0 amide bonds. The first-order chi connectivity index (χ1) is 11.7. The van der Waals surface area contributed by atoms with Crippen molar-refractivity contribution in [2.24, 2.45) is 4.99 Å². The van der Waals surface area contributed by atoms with Gasteiger partial charge in [0.2, 0.25) is 0 Å². The zero-order chi connectivity index (χ0) is 17.3. The van der Waals surface area contributed by atoms with Crippen LogP contribution in [-0.4, -0.2) is 73.5 Å². The largest absolute Gasteiger partial charge is 0.388 e. The minimum atomic E-state index is -0.708. The lowest BCUT2D eigenvalue weighted by atomic mass is 9.95. The Hall–Kier alpha value is -0.120. The van der Waals surface area contributed by atoms with Crippen LogP contribution in [0, 0.1) is 0 Å². The van der Waals surface area contributed by atoms with Gasteiger partial charge in [-0.05, 0) is 32.7 Å². The van der Waals surface area contributed by atoms with Crippen molar-refractivity contribution in [3.05, 3.63) is 0 Å². The molecular formula is C18H37IN4O2. The molecule has 2 rings (SSSR count). The zero-order valence-electron chi connectivity index (χ0n) is 15.9. The van der Waals surface area contributed by atoms with Gasteiger partial charge in [-0.15, -0.1) is 24.0 Å². The Labute approximate surface area is 170 Å². The van der Waals surface area contributed by atoms with E-state index in [1.165, 1.54) is 32.2 Å². The van der Waals surface area contributed by atoms with E-state index < -0.39 is 5.60 Å². The summed E-state index contributed by atoms with van der Waals surface area (Å²) >= 11 is 0. The highest BCUT2D eigenvalue weighted by Crippen LogP contribution is 2.20. The molecular weight excluding hydrogens is 431 g/mol. The highest BCUT2D eigenvalue weighted by Gasteiger charge is 2.29. The van der Waals surface area contributed by atoms with Gasteiger partial charge in [-0.25, -0.2) is 0 Å². The van der Waals surface area contributed by atoms with Crippen molar-refractivity contribution in [2.75, 3.05) is 45.9 Å². The number of aliphatic hydroxyl groups is 1. The maximum absolute atomic E-state index is 10.5. The van der Waals surface area contributed by atoms with Crippen LogP contribution in [0.4, 0.5) is 0 Å². The molecule has 2 fully saturated rings. The molecule has 0 aromatic rings. The van der Waals surface area contributed by atoms with E-state index in [-0.39, 0.29) is 24.0 Å². The molecule has 0 saturated carbocycles. The summed E-state index contributed by atoms with van der Waals surface area (Å²) in [6.07, 6.45) is 6.60. The minimum absolute atomic E-state index is 0. The van der Waals surface area contributed by atoms with Crippen LogP contribution in [0.1, 0.15) is 52.4 Å². The van der Waals surface area contributed by atoms with Crippen molar-refractivity contribution >= 4 is 29.9 Å². The topological polar surface area (TPSA) is 69.1 Å². The van der Waals surface area contributed by atoms with E-state index in [4.69, 9.17) is 4.74 Å². The van der Waals surface area contributed by atoms with Gasteiger partial charge in [-0.1, -0.05) is 13.3 Å². The van der Waals surface area contributed by atoms with E-state index in [0.29, 0.717) is 32.6 Å². The second-order valence-electron chi connectivity index (χ2n) is 7.05. The molecule has 25 heavy (non-hydrogen) atoms. The van der Waals surface area contributed by atoms with Crippen molar-refractivity contribution in [3.8, 4) is 0 Å². The van der Waals surface area contributed by atoms with Crippen molar-refractivity contribution in [2.45, 2.75) is 64.0 Å². The van der Waals surface area contributed by atoms with Crippen molar-refractivity contribution < 1.29 is 9.84 Å². The summed E-state index contributed by atoms with van der Waals surface area (Å²) in [6.45, 7) is 10.0. The van der Waals surface area contributed by atoms with Gasteiger partial charge < -0.3 is 20.5 Å². The Morgan fingerprint density at radius 1 is 1.24 bits per heavy atom. The maximum atomic E-state index is 10.5. The van der Waals surface area contributed by atoms with Crippen LogP contribution in [0.15, 0.2) is 4.99 Å². The molecule has 148 valence electrons. The third kappa shape index (κ3) is 7.97. The van der Waals surface area contributed by atoms with Crippen LogP contribution in [0.25, 0.3) is 0 Å². The lowest BCUT2D eigenvalue weighted by molar-refractivity contribution is -0.0565. The summed E-state index contributed by atoms with van der Waals surface area (Å²) in [6, 6.07) is 0.739. The zero-order valence-corrected chi connectivity index (χ0v) is 18.3. The summed E-state index contributed by atoms with van der Waals surface area (Å²) < 4.78 is 5.33. The number of aliphatic imine (C=N–C) groups is 1. The molecule has 0 radical (unpaired) electrons. The van der Waals surface area contributed by atoms with E-state index in [9.17, 15) is 5.11 Å². The van der Waals surface area contributed by atoms with E-state index in [1.54, 1.807) is 0 Å². The number of likely N-dealkylation sites (tertiary alicyclic amines) is 1. The van der Waals surface area contributed by atoms with E-state index in [0.717, 1.165) is 31.6 Å². The molecule has 6 nitrogen and oxygen atoms in total. The van der Waals surface area contributed by atoms with E-state index >= 15 is 0 Å². The van der Waals surface area contributed by atoms with Crippen LogP contribution in [0.2, 0.25) is 0 Å². The number of nitrogens with one attached hydrogen (secondary N) is 2. The lowest BCUT2D eigenvalue weighted by Crippen LogP contribution is -2.46. The Balaban J connectivity index is 0.00000312. The number of halogens is 1. The van der Waals surface area contributed by atoms with E-state index in [2.05, 4.69) is 34.4 Å². The van der Waals surface area contributed by atoms with Gasteiger partial charge in [0, 0.05) is 51.7 Å². The number of rotatable bonds is 7. The standard InChI is InChI=1S/C18H36N4O2.HI/c1-3-16-7-5-6-11-22(16)12-10-20-17(19-4-2)21-15-18(23)8-13-24-14-9-18;/h16,23H,3-15H2,1-2H3,(H2,19,20,21);1H. The Morgan fingerprint density at radius 2 is 2.00 bits per heavy atom. The molecule has 0 spiro atoms. The molecule has 1 unspecified atom stereocenters. The van der Waals surface area contributed by atoms with Gasteiger partial charge in [0.15, 0.2) is 5.96 Å². The predicted octanol–water partition coefficient (Wildman–Crippen LogP) is 1.97. The average Bonchev–Trinajstić information content (AvgIpc) is 2.61. The number of hydrogen-bond acceptors (Lipinski definition) is 4. The third-order valence-electron chi connectivity index (χ3n) is 5.21. The van der Waals surface area contributed by atoms with Gasteiger partial charge >= 0.3 is 0 Å². The molecule has 2 saturated heterocycles. The minimum Gasteiger partial charge on any atom is -0.388 e. The fraction of sp³-hybridized carbons (Fsp3) is 0.944. The second kappa shape index (κ2) is 12.3. The van der Waals surface area contributed by atoms with Crippen molar-refractivity contribution in [1.82, 2.24) is 15.5 Å². The first-order valence-corrected chi connectivity index (χ1v) is 9.73. The Morgan fingerprint density at radius 3 is 2.68 bits per heavy atom. The third-order valence-corrected chi connectivity index (χ3v) is 5.21. The number of piperidine rings is 1. The fourth-order valence-corrected chi connectivity index (χ4v) is 3.61. The maximum Gasteiger partial charge on any atom is 0.191 e.